The number of halogens is 1. The normalized spacial score (nSPS) is 28.4. The molecular formula is C12H17IN2O2. The van der Waals surface area contributed by atoms with Crippen molar-refractivity contribution in [3.8, 4) is 0 Å². The van der Waals surface area contributed by atoms with Crippen molar-refractivity contribution in [3.63, 3.8) is 0 Å². The Morgan fingerprint density at radius 1 is 1.35 bits per heavy atom. The highest BCUT2D eigenvalue weighted by Gasteiger charge is 2.39. The Hall–Kier alpha value is -0.140. The molecule has 2 fully saturated rings. The van der Waals surface area contributed by atoms with Crippen molar-refractivity contribution in [2.45, 2.75) is 37.3 Å². The summed E-state index contributed by atoms with van der Waals surface area (Å²) in [7, 11) is 0. The standard InChI is InChI=1S/C12H17IN2O2/c13-10-8-14-15(9-10)11-1-4-17-12(7-11)2-5-16-6-3-12/h8-9,11H,1-7H2. The third kappa shape index (κ3) is 2.51. The minimum Gasteiger partial charge on any atom is -0.381 e. The molecule has 5 heteroatoms. The van der Waals surface area contributed by atoms with Crippen LogP contribution in [0.25, 0.3) is 0 Å². The molecule has 1 aromatic rings. The van der Waals surface area contributed by atoms with E-state index in [2.05, 4.69) is 38.6 Å². The lowest BCUT2D eigenvalue weighted by Crippen LogP contribution is -2.44. The molecule has 0 N–H and O–H groups in total. The maximum Gasteiger partial charge on any atom is 0.0746 e. The lowest BCUT2D eigenvalue weighted by atomic mass is 9.84. The average Bonchev–Trinajstić information content (AvgIpc) is 2.77. The van der Waals surface area contributed by atoms with Crippen LogP contribution >= 0.6 is 22.6 Å². The molecule has 94 valence electrons. The van der Waals surface area contributed by atoms with E-state index >= 15 is 0 Å². The van der Waals surface area contributed by atoms with E-state index < -0.39 is 0 Å². The summed E-state index contributed by atoms with van der Waals surface area (Å²) in [6, 6.07) is 0.491. The van der Waals surface area contributed by atoms with Gasteiger partial charge in [-0.3, -0.25) is 4.68 Å². The van der Waals surface area contributed by atoms with Gasteiger partial charge in [0.15, 0.2) is 0 Å². The van der Waals surface area contributed by atoms with Crippen molar-refractivity contribution in [1.82, 2.24) is 9.78 Å². The topological polar surface area (TPSA) is 36.3 Å². The van der Waals surface area contributed by atoms with Crippen LogP contribution in [0.1, 0.15) is 31.7 Å². The summed E-state index contributed by atoms with van der Waals surface area (Å²) in [4.78, 5) is 0. The van der Waals surface area contributed by atoms with Crippen molar-refractivity contribution in [2.24, 2.45) is 0 Å². The van der Waals surface area contributed by atoms with E-state index in [0.717, 1.165) is 45.5 Å². The molecule has 1 unspecified atom stereocenters. The zero-order valence-electron chi connectivity index (χ0n) is 9.77. The molecule has 1 atom stereocenters. The maximum absolute atomic E-state index is 6.04. The molecule has 1 aromatic heterocycles. The summed E-state index contributed by atoms with van der Waals surface area (Å²) in [6.07, 6.45) is 8.26. The SMILES string of the molecule is Ic1cnn(C2CCOC3(CCOCC3)C2)c1. The van der Waals surface area contributed by atoms with Gasteiger partial charge in [-0.2, -0.15) is 5.10 Å². The molecule has 4 nitrogen and oxygen atoms in total. The quantitative estimate of drug-likeness (QED) is 0.732. The van der Waals surface area contributed by atoms with E-state index in [9.17, 15) is 0 Å². The monoisotopic (exact) mass is 348 g/mol. The van der Waals surface area contributed by atoms with Crippen LogP contribution in [0.3, 0.4) is 0 Å². The van der Waals surface area contributed by atoms with E-state index in [4.69, 9.17) is 9.47 Å². The van der Waals surface area contributed by atoms with Crippen molar-refractivity contribution in [2.75, 3.05) is 19.8 Å². The Morgan fingerprint density at radius 2 is 2.18 bits per heavy atom. The highest BCUT2D eigenvalue weighted by molar-refractivity contribution is 14.1. The molecule has 0 aliphatic carbocycles. The number of hydrogen-bond acceptors (Lipinski definition) is 3. The van der Waals surface area contributed by atoms with Gasteiger partial charge in [0.2, 0.25) is 0 Å². The van der Waals surface area contributed by atoms with E-state index in [1.165, 1.54) is 3.57 Å². The van der Waals surface area contributed by atoms with Gasteiger partial charge in [-0.25, -0.2) is 0 Å². The minimum absolute atomic E-state index is 0.0541. The molecule has 0 amide bonds. The second-order valence-corrected chi connectivity index (χ2v) is 6.17. The summed E-state index contributed by atoms with van der Waals surface area (Å²) in [5.74, 6) is 0. The highest BCUT2D eigenvalue weighted by atomic mass is 127. The van der Waals surface area contributed by atoms with E-state index in [1.54, 1.807) is 0 Å². The largest absolute Gasteiger partial charge is 0.381 e. The first-order valence-corrected chi connectivity index (χ1v) is 7.27. The van der Waals surface area contributed by atoms with Gasteiger partial charge in [0, 0.05) is 26.0 Å². The van der Waals surface area contributed by atoms with Crippen molar-refractivity contribution in [3.05, 3.63) is 16.0 Å². The summed E-state index contributed by atoms with van der Waals surface area (Å²) in [5, 5.41) is 4.44. The fourth-order valence-electron chi connectivity index (χ4n) is 2.83. The van der Waals surface area contributed by atoms with E-state index in [0.29, 0.717) is 6.04 Å². The van der Waals surface area contributed by atoms with Crippen LogP contribution in [0.15, 0.2) is 12.4 Å². The molecule has 0 aromatic carbocycles. The van der Waals surface area contributed by atoms with Crippen LogP contribution in [0.2, 0.25) is 0 Å². The van der Waals surface area contributed by atoms with Crippen LogP contribution in [0, 0.1) is 3.57 Å². The third-order valence-corrected chi connectivity index (χ3v) is 4.37. The molecule has 2 saturated heterocycles. The molecule has 17 heavy (non-hydrogen) atoms. The van der Waals surface area contributed by atoms with Crippen molar-refractivity contribution >= 4 is 22.6 Å². The van der Waals surface area contributed by atoms with Crippen molar-refractivity contribution in [1.29, 1.82) is 0 Å². The van der Waals surface area contributed by atoms with Crippen LogP contribution < -0.4 is 0 Å². The van der Waals surface area contributed by atoms with Crippen LogP contribution in [0.4, 0.5) is 0 Å². The number of hydrogen-bond donors (Lipinski definition) is 0. The number of aromatic nitrogens is 2. The fraction of sp³-hybridized carbons (Fsp3) is 0.750. The summed E-state index contributed by atoms with van der Waals surface area (Å²) < 4.78 is 14.8. The number of ether oxygens (including phenoxy) is 2. The fourth-order valence-corrected chi connectivity index (χ4v) is 3.24. The molecule has 2 aliphatic rings. The highest BCUT2D eigenvalue weighted by Crippen LogP contribution is 2.38. The maximum atomic E-state index is 6.04. The van der Waals surface area contributed by atoms with Gasteiger partial charge in [-0.15, -0.1) is 0 Å². The first-order chi connectivity index (χ1) is 8.27. The van der Waals surface area contributed by atoms with Crippen LogP contribution in [-0.2, 0) is 9.47 Å². The van der Waals surface area contributed by atoms with Gasteiger partial charge >= 0.3 is 0 Å². The summed E-state index contributed by atoms with van der Waals surface area (Å²) in [5.41, 5.74) is 0.0541. The zero-order chi connectivity index (χ0) is 11.7. The van der Waals surface area contributed by atoms with E-state index in [-0.39, 0.29) is 5.60 Å². The molecular weight excluding hydrogens is 331 g/mol. The Balaban J connectivity index is 1.74. The zero-order valence-corrected chi connectivity index (χ0v) is 11.9. The van der Waals surface area contributed by atoms with Gasteiger partial charge in [-0.05, 0) is 48.3 Å². The molecule has 1 spiro atoms. The van der Waals surface area contributed by atoms with Gasteiger partial charge in [0.05, 0.1) is 21.4 Å². The van der Waals surface area contributed by atoms with Gasteiger partial charge in [0.1, 0.15) is 0 Å². The smallest absolute Gasteiger partial charge is 0.0746 e. The minimum atomic E-state index is 0.0541. The lowest BCUT2D eigenvalue weighted by molar-refractivity contribution is -0.145. The second-order valence-electron chi connectivity index (χ2n) is 4.93. The van der Waals surface area contributed by atoms with Gasteiger partial charge in [0.25, 0.3) is 0 Å². The van der Waals surface area contributed by atoms with Crippen LogP contribution in [0.5, 0.6) is 0 Å². The number of nitrogens with zero attached hydrogens (tertiary/aromatic N) is 2. The Kier molecular flexibility index (Phi) is 3.40. The third-order valence-electron chi connectivity index (χ3n) is 3.82. The van der Waals surface area contributed by atoms with Gasteiger partial charge in [-0.1, -0.05) is 0 Å². The van der Waals surface area contributed by atoms with Crippen LogP contribution in [-0.4, -0.2) is 35.2 Å². The Morgan fingerprint density at radius 3 is 2.88 bits per heavy atom. The molecule has 3 heterocycles. The average molecular weight is 348 g/mol. The predicted molar refractivity (Wildman–Crippen MR) is 72.0 cm³/mol. The Bertz CT molecular complexity index is 382. The van der Waals surface area contributed by atoms with E-state index in [1.807, 2.05) is 6.20 Å². The summed E-state index contributed by atoms with van der Waals surface area (Å²) in [6.45, 7) is 2.52. The van der Waals surface area contributed by atoms with Gasteiger partial charge < -0.3 is 9.47 Å². The molecule has 3 rings (SSSR count). The van der Waals surface area contributed by atoms with Crippen molar-refractivity contribution < 1.29 is 9.47 Å². The Labute approximate surface area is 115 Å². The molecule has 0 radical (unpaired) electrons. The second kappa shape index (κ2) is 4.85. The first kappa shape index (κ1) is 11.9. The molecule has 0 bridgehead atoms. The molecule has 0 saturated carbocycles. The molecule has 2 aliphatic heterocycles. The first-order valence-electron chi connectivity index (χ1n) is 6.19. The lowest BCUT2D eigenvalue weighted by Gasteiger charge is -2.43. The number of rotatable bonds is 1. The summed E-state index contributed by atoms with van der Waals surface area (Å²) >= 11 is 2.31. The predicted octanol–water partition coefficient (Wildman–Crippen LogP) is 2.39.